The van der Waals surface area contributed by atoms with Gasteiger partial charge >= 0.3 is 0 Å². The third-order valence-electron chi connectivity index (χ3n) is 14.1. The van der Waals surface area contributed by atoms with Gasteiger partial charge in [0.2, 0.25) is 0 Å². The third-order valence-corrected chi connectivity index (χ3v) is 16.3. The number of fused-ring (bicyclic) bond motifs is 5. The summed E-state index contributed by atoms with van der Waals surface area (Å²) in [6, 6.07) is 2.50. The maximum absolute atomic E-state index is 13.1. The second kappa shape index (κ2) is 18.4. The van der Waals surface area contributed by atoms with Crippen LogP contribution in [-0.2, 0) is 23.5 Å². The normalized spacial score (nSPS) is 33.1. The molecule has 1 amide bonds. The van der Waals surface area contributed by atoms with Crippen LogP contribution in [0.25, 0.3) is 0 Å². The number of oxime groups is 1. The molecule has 3 saturated carbocycles. The Morgan fingerprint density at radius 1 is 1.04 bits per heavy atom. The monoisotopic (exact) mass is 755 g/mol. The van der Waals surface area contributed by atoms with Crippen LogP contribution in [0, 0.1) is 57.7 Å². The van der Waals surface area contributed by atoms with Crippen LogP contribution >= 0.6 is 8.53 Å². The highest BCUT2D eigenvalue weighted by Gasteiger charge is 2.59. The summed E-state index contributed by atoms with van der Waals surface area (Å²) in [5, 5.41) is 13.4. The van der Waals surface area contributed by atoms with E-state index in [4.69, 9.17) is 19.1 Å². The molecule has 53 heavy (non-hydrogen) atoms. The van der Waals surface area contributed by atoms with Crippen molar-refractivity contribution < 1.29 is 23.5 Å². The smallest absolute Gasteiger partial charge is 0.293 e. The molecule has 4 aliphatic carbocycles. The minimum atomic E-state index is -1.41. The zero-order chi connectivity index (χ0) is 38.5. The summed E-state index contributed by atoms with van der Waals surface area (Å²) in [5.74, 6) is 3.74. The van der Waals surface area contributed by atoms with Gasteiger partial charge in [-0.05, 0) is 125 Å². The van der Waals surface area contributed by atoms with Crippen molar-refractivity contribution in [3.05, 3.63) is 11.6 Å². The highest BCUT2D eigenvalue weighted by molar-refractivity contribution is 7.44. The lowest BCUT2D eigenvalue weighted by Gasteiger charge is -2.58. The summed E-state index contributed by atoms with van der Waals surface area (Å²) in [4.78, 5) is 33.2. The van der Waals surface area contributed by atoms with Gasteiger partial charge in [-0.1, -0.05) is 70.7 Å². The van der Waals surface area contributed by atoms with Crippen molar-refractivity contribution in [3.8, 4) is 6.07 Å². The fourth-order valence-electron chi connectivity index (χ4n) is 11.4. The van der Waals surface area contributed by atoms with Crippen molar-refractivity contribution in [3.63, 3.8) is 0 Å². The molecule has 9 atom stereocenters. The van der Waals surface area contributed by atoms with Crippen molar-refractivity contribution in [2.24, 2.45) is 51.5 Å². The second-order valence-corrected chi connectivity index (χ2v) is 20.0. The minimum Gasteiger partial charge on any atom is -0.387 e. The molecule has 0 spiro atoms. The Balaban J connectivity index is 1.11. The van der Waals surface area contributed by atoms with Crippen LogP contribution in [-0.4, -0.2) is 71.5 Å². The molecule has 1 heterocycles. The molecule has 9 nitrogen and oxygen atoms in total. The molecule has 0 aromatic rings. The number of rotatable bonds is 17. The van der Waals surface area contributed by atoms with Crippen LogP contribution in [0.2, 0.25) is 0 Å². The largest absolute Gasteiger partial charge is 0.387 e. The first-order valence-electron chi connectivity index (χ1n) is 21.1. The first kappa shape index (κ1) is 42.3. The Bertz CT molecular complexity index is 1370. The average Bonchev–Trinajstić information content (AvgIpc) is 3.71. The number of carbonyl (C=O) groups excluding carboxylic acids is 2. The van der Waals surface area contributed by atoms with Crippen LogP contribution in [0.5, 0.6) is 0 Å². The molecule has 1 aliphatic heterocycles. The van der Waals surface area contributed by atoms with Crippen molar-refractivity contribution in [2.45, 2.75) is 164 Å². The van der Waals surface area contributed by atoms with Crippen molar-refractivity contribution in [1.82, 2.24) is 9.57 Å². The zero-order valence-electron chi connectivity index (χ0n) is 34.6. The van der Waals surface area contributed by atoms with E-state index in [2.05, 4.69) is 84.3 Å². The lowest BCUT2D eigenvalue weighted by atomic mass is 9.47. The van der Waals surface area contributed by atoms with Crippen LogP contribution < -0.4 is 0 Å². The molecular weight excluding hydrogens is 683 g/mol. The molecule has 0 bridgehead atoms. The Hall–Kier alpha value is -1.85. The Kier molecular flexibility index (Phi) is 14.7. The summed E-state index contributed by atoms with van der Waals surface area (Å²) in [5.41, 5.74) is 3.21. The number of carbonyl (C=O) groups is 2. The predicted molar refractivity (Wildman–Crippen MR) is 213 cm³/mol. The Labute approximate surface area is 323 Å². The first-order chi connectivity index (χ1) is 25.2. The molecule has 298 valence electrons. The molecule has 4 fully saturated rings. The first-order valence-corrected chi connectivity index (χ1v) is 22.3. The molecule has 0 radical (unpaired) electrons. The van der Waals surface area contributed by atoms with Gasteiger partial charge in [-0.25, -0.2) is 4.67 Å². The van der Waals surface area contributed by atoms with Gasteiger partial charge in [0.05, 0.1) is 30.9 Å². The maximum Gasteiger partial charge on any atom is 0.293 e. The number of likely N-dealkylation sites (tertiary alicyclic amines) is 1. The molecule has 8 unspecified atom stereocenters. The van der Waals surface area contributed by atoms with E-state index in [9.17, 15) is 9.59 Å². The van der Waals surface area contributed by atoms with Crippen LogP contribution in [0.1, 0.15) is 146 Å². The number of ketones is 1. The van der Waals surface area contributed by atoms with E-state index in [-0.39, 0.29) is 36.6 Å². The van der Waals surface area contributed by atoms with Crippen molar-refractivity contribution >= 4 is 25.9 Å². The minimum absolute atomic E-state index is 0.188. The van der Waals surface area contributed by atoms with E-state index in [1.807, 2.05) is 0 Å². The van der Waals surface area contributed by atoms with E-state index in [0.29, 0.717) is 31.5 Å². The number of hydrogen-bond acceptors (Lipinski definition) is 8. The van der Waals surface area contributed by atoms with E-state index in [1.165, 1.54) is 56.9 Å². The standard InChI is InChI=1S/C43H71N4O5P/c1-29(2)12-10-13-32(7)37-16-17-38-36-15-14-33-26-34(18-21-42(33,8)39(36)19-22-43(37,38)9)45-50-28-40(48)41(49)46-24-20-35(27-46)52-53(51-25-11-23-44)47(30(3)4)31(5)6/h14,29-32,35-39H,10-13,15-22,24-28H2,1-9H3/b45-34+/t32-,35?,36?,37?,38?,39?,42?,43?,53?/m1/s1. The van der Waals surface area contributed by atoms with Crippen LogP contribution in [0.15, 0.2) is 16.8 Å². The molecule has 0 N–H and O–H groups in total. The Morgan fingerprint density at radius 2 is 1.79 bits per heavy atom. The molecule has 5 aliphatic rings. The van der Waals surface area contributed by atoms with Gasteiger partial charge in [-0.2, -0.15) is 5.26 Å². The molecule has 0 aromatic carbocycles. The average molecular weight is 755 g/mol. The van der Waals surface area contributed by atoms with Gasteiger partial charge in [-0.3, -0.25) is 9.59 Å². The molecule has 10 heteroatoms. The fourth-order valence-corrected chi connectivity index (χ4v) is 13.2. The third kappa shape index (κ3) is 9.58. The predicted octanol–water partition coefficient (Wildman–Crippen LogP) is 9.86. The van der Waals surface area contributed by atoms with Gasteiger partial charge in [0.25, 0.3) is 20.2 Å². The highest BCUT2D eigenvalue weighted by atomic mass is 31.2. The summed E-state index contributed by atoms with van der Waals surface area (Å²) in [6.07, 6.45) is 16.8. The second-order valence-electron chi connectivity index (χ2n) is 18.6. The summed E-state index contributed by atoms with van der Waals surface area (Å²) < 4.78 is 14.6. The topological polar surface area (TPSA) is 104 Å². The highest BCUT2D eigenvalue weighted by Crippen LogP contribution is 2.67. The number of hydrogen-bond donors (Lipinski definition) is 0. The van der Waals surface area contributed by atoms with Crippen molar-refractivity contribution in [2.75, 3.05) is 26.3 Å². The number of Topliss-reactive ketones (excluding diaryl/α,β-unsaturated/α-hetero) is 1. The fraction of sp³-hybridized carbons (Fsp3) is 0.860. The van der Waals surface area contributed by atoms with Gasteiger partial charge in [0, 0.05) is 31.6 Å². The number of amides is 1. The molecular formula is C43H71N4O5P. The van der Waals surface area contributed by atoms with Gasteiger partial charge < -0.3 is 18.8 Å². The summed E-state index contributed by atoms with van der Waals surface area (Å²) >= 11 is 0. The van der Waals surface area contributed by atoms with Crippen LogP contribution in [0.4, 0.5) is 0 Å². The van der Waals surface area contributed by atoms with E-state index in [0.717, 1.165) is 60.5 Å². The van der Waals surface area contributed by atoms with E-state index < -0.39 is 20.2 Å². The van der Waals surface area contributed by atoms with Crippen LogP contribution in [0.3, 0.4) is 0 Å². The molecule has 5 rings (SSSR count). The van der Waals surface area contributed by atoms with Gasteiger partial charge in [0.15, 0.2) is 6.61 Å². The molecule has 0 aromatic heterocycles. The quantitative estimate of drug-likeness (QED) is 0.0479. The maximum atomic E-state index is 13.1. The SMILES string of the molecule is CC(C)CCC[C@@H](C)C1CCC2C3CC=C4C/C(=N/OCC(=O)C(=O)N5CCC(OP(OCCC#N)N(C(C)C)C(C)C)C5)CCC4(C)C3CCC21C. The lowest BCUT2D eigenvalue weighted by Crippen LogP contribution is -2.50. The van der Waals surface area contributed by atoms with Crippen molar-refractivity contribution in [1.29, 1.82) is 5.26 Å². The number of nitriles is 1. The Morgan fingerprint density at radius 3 is 2.49 bits per heavy atom. The van der Waals surface area contributed by atoms with E-state index in [1.54, 1.807) is 4.90 Å². The summed E-state index contributed by atoms with van der Waals surface area (Å²) in [7, 11) is -1.41. The van der Waals surface area contributed by atoms with E-state index >= 15 is 0 Å². The number of nitrogens with zero attached hydrogens (tertiary/aromatic N) is 4. The summed E-state index contributed by atoms with van der Waals surface area (Å²) in [6.45, 7) is 21.6. The molecule has 1 saturated heterocycles. The van der Waals surface area contributed by atoms with Gasteiger partial charge in [-0.15, -0.1) is 0 Å². The zero-order valence-corrected chi connectivity index (χ0v) is 35.5. The number of allylic oxidation sites excluding steroid dienone is 2. The lowest BCUT2D eigenvalue weighted by molar-refractivity contribution is -0.146. The van der Waals surface area contributed by atoms with Gasteiger partial charge in [0.1, 0.15) is 0 Å².